The molecule has 0 fully saturated rings. The number of hydrogen-bond donors (Lipinski definition) is 0. The molecule has 2 aromatic rings. The van der Waals surface area contributed by atoms with E-state index in [0.29, 0.717) is 11.4 Å². The van der Waals surface area contributed by atoms with Gasteiger partial charge in [-0.15, -0.1) is 5.10 Å². The topological polar surface area (TPSA) is 83.1 Å². The highest BCUT2D eigenvalue weighted by molar-refractivity contribution is 5.39. The van der Waals surface area contributed by atoms with Crippen molar-refractivity contribution in [3.63, 3.8) is 0 Å². The molecule has 0 amide bonds. The third-order valence-corrected chi connectivity index (χ3v) is 2.51. The van der Waals surface area contributed by atoms with Gasteiger partial charge >= 0.3 is 6.01 Å². The molecule has 0 atom stereocenters. The Bertz CT molecular complexity index is 560. The number of benzene rings is 1. The fraction of sp³-hybridized carbons (Fsp3) is 0.273. The first-order valence-electron chi connectivity index (χ1n) is 5.30. The van der Waals surface area contributed by atoms with Gasteiger partial charge in [0.15, 0.2) is 0 Å². The summed E-state index contributed by atoms with van der Waals surface area (Å²) in [4.78, 5) is 14.4. The van der Waals surface area contributed by atoms with Gasteiger partial charge in [-0.2, -0.15) is 4.98 Å². The van der Waals surface area contributed by atoms with Crippen LogP contribution in [0.25, 0.3) is 0 Å². The molecule has 0 bridgehead atoms. The second kappa shape index (κ2) is 4.82. The monoisotopic (exact) mass is 248 g/mol. The second-order valence-electron chi connectivity index (χ2n) is 3.74. The molecule has 94 valence electrons. The molecule has 0 saturated carbocycles. The predicted molar refractivity (Wildman–Crippen MR) is 63.2 cm³/mol. The smallest absolute Gasteiger partial charge is 0.336 e. The van der Waals surface area contributed by atoms with Crippen LogP contribution in [0.5, 0.6) is 6.01 Å². The maximum Gasteiger partial charge on any atom is 0.336 e. The van der Waals surface area contributed by atoms with Gasteiger partial charge in [-0.3, -0.25) is 10.1 Å². The SMILES string of the molecule is Cc1nc(OCc2ccccc2[N+](=O)[O-])nn1C. The van der Waals surface area contributed by atoms with E-state index in [1.165, 1.54) is 6.07 Å². The Hall–Kier alpha value is -2.44. The van der Waals surface area contributed by atoms with Crippen LogP contribution in [-0.4, -0.2) is 19.7 Å². The van der Waals surface area contributed by atoms with E-state index in [1.807, 2.05) is 0 Å². The first-order valence-corrected chi connectivity index (χ1v) is 5.30. The molecule has 1 heterocycles. The van der Waals surface area contributed by atoms with E-state index in [1.54, 1.807) is 36.9 Å². The summed E-state index contributed by atoms with van der Waals surface area (Å²) in [5.74, 6) is 0.715. The van der Waals surface area contributed by atoms with Crippen molar-refractivity contribution in [2.24, 2.45) is 7.05 Å². The van der Waals surface area contributed by atoms with E-state index < -0.39 is 4.92 Å². The molecule has 0 aliphatic rings. The lowest BCUT2D eigenvalue weighted by Crippen LogP contribution is -2.01. The largest absolute Gasteiger partial charge is 0.457 e. The minimum atomic E-state index is -0.435. The third-order valence-electron chi connectivity index (χ3n) is 2.51. The van der Waals surface area contributed by atoms with Gasteiger partial charge in [0, 0.05) is 13.1 Å². The molecule has 0 aliphatic heterocycles. The van der Waals surface area contributed by atoms with Gasteiger partial charge in [-0.05, 0) is 13.0 Å². The van der Waals surface area contributed by atoms with Crippen molar-refractivity contribution >= 4 is 5.69 Å². The first kappa shape index (κ1) is 12.0. The number of nitrogens with zero attached hydrogens (tertiary/aromatic N) is 4. The molecule has 0 saturated heterocycles. The molecule has 18 heavy (non-hydrogen) atoms. The minimum absolute atomic E-state index is 0.0325. The first-order chi connectivity index (χ1) is 8.58. The van der Waals surface area contributed by atoms with Gasteiger partial charge < -0.3 is 4.74 Å². The fourth-order valence-corrected chi connectivity index (χ4v) is 1.45. The summed E-state index contributed by atoms with van der Waals surface area (Å²) in [5, 5.41) is 14.8. The van der Waals surface area contributed by atoms with E-state index >= 15 is 0 Å². The quantitative estimate of drug-likeness (QED) is 0.606. The average Bonchev–Trinajstić information content (AvgIpc) is 2.66. The minimum Gasteiger partial charge on any atom is -0.457 e. The average molecular weight is 248 g/mol. The highest BCUT2D eigenvalue weighted by Crippen LogP contribution is 2.19. The number of nitro benzene ring substituents is 1. The van der Waals surface area contributed by atoms with Crippen molar-refractivity contribution in [2.75, 3.05) is 0 Å². The zero-order valence-corrected chi connectivity index (χ0v) is 10.0. The van der Waals surface area contributed by atoms with Crippen LogP contribution in [0.3, 0.4) is 0 Å². The molecule has 1 aromatic heterocycles. The molecule has 0 aliphatic carbocycles. The molecule has 7 heteroatoms. The van der Waals surface area contributed by atoms with Gasteiger partial charge in [-0.25, -0.2) is 4.68 Å². The predicted octanol–water partition coefficient (Wildman–Crippen LogP) is 1.61. The van der Waals surface area contributed by atoms with Crippen LogP contribution in [0.15, 0.2) is 24.3 Å². The molecule has 1 aromatic carbocycles. The fourth-order valence-electron chi connectivity index (χ4n) is 1.45. The molecule has 0 unspecified atom stereocenters. The Kier molecular flexibility index (Phi) is 3.22. The Morgan fingerprint density at radius 2 is 2.17 bits per heavy atom. The number of aryl methyl sites for hydroxylation is 2. The Morgan fingerprint density at radius 1 is 1.44 bits per heavy atom. The Morgan fingerprint density at radius 3 is 2.78 bits per heavy atom. The van der Waals surface area contributed by atoms with E-state index in [9.17, 15) is 10.1 Å². The lowest BCUT2D eigenvalue weighted by molar-refractivity contribution is -0.385. The molecular weight excluding hydrogens is 236 g/mol. The van der Waals surface area contributed by atoms with Gasteiger partial charge in [0.05, 0.1) is 10.5 Å². The molecule has 0 radical (unpaired) electrons. The van der Waals surface area contributed by atoms with Crippen LogP contribution in [0.4, 0.5) is 5.69 Å². The highest BCUT2D eigenvalue weighted by Gasteiger charge is 2.13. The van der Waals surface area contributed by atoms with E-state index in [-0.39, 0.29) is 18.3 Å². The maximum atomic E-state index is 10.8. The standard InChI is InChI=1S/C11H12N4O3/c1-8-12-11(13-14(8)2)18-7-9-5-3-4-6-10(9)15(16)17/h3-6H,7H2,1-2H3. The zero-order valence-electron chi connectivity index (χ0n) is 10.0. The Labute approximate surface area is 103 Å². The van der Waals surface area contributed by atoms with Crippen molar-refractivity contribution in [1.82, 2.24) is 14.8 Å². The van der Waals surface area contributed by atoms with Crippen LogP contribution in [0.1, 0.15) is 11.4 Å². The summed E-state index contributed by atoms with van der Waals surface area (Å²) < 4.78 is 6.92. The van der Waals surface area contributed by atoms with Gasteiger partial charge in [0.2, 0.25) is 0 Å². The summed E-state index contributed by atoms with van der Waals surface area (Å²) in [7, 11) is 1.75. The number of nitro groups is 1. The zero-order chi connectivity index (χ0) is 13.1. The number of hydrogen-bond acceptors (Lipinski definition) is 5. The molecule has 7 nitrogen and oxygen atoms in total. The van der Waals surface area contributed by atoms with E-state index in [2.05, 4.69) is 10.1 Å². The normalized spacial score (nSPS) is 10.3. The maximum absolute atomic E-state index is 10.8. The van der Waals surface area contributed by atoms with Crippen molar-refractivity contribution in [1.29, 1.82) is 0 Å². The van der Waals surface area contributed by atoms with Crippen molar-refractivity contribution in [2.45, 2.75) is 13.5 Å². The van der Waals surface area contributed by atoms with Crippen LogP contribution < -0.4 is 4.74 Å². The summed E-state index contributed by atoms with van der Waals surface area (Å²) in [6.45, 7) is 1.87. The summed E-state index contributed by atoms with van der Waals surface area (Å²) in [6.07, 6.45) is 0. The number of aromatic nitrogens is 3. The lowest BCUT2D eigenvalue weighted by Gasteiger charge is -2.02. The van der Waals surface area contributed by atoms with E-state index in [4.69, 9.17) is 4.74 Å². The molecule has 0 spiro atoms. The molecular formula is C11H12N4O3. The highest BCUT2D eigenvalue weighted by atomic mass is 16.6. The van der Waals surface area contributed by atoms with Crippen molar-refractivity contribution in [3.8, 4) is 6.01 Å². The Balaban J connectivity index is 2.13. The lowest BCUT2D eigenvalue weighted by atomic mass is 10.2. The van der Waals surface area contributed by atoms with Crippen molar-refractivity contribution < 1.29 is 9.66 Å². The summed E-state index contributed by atoms with van der Waals surface area (Å²) in [5.41, 5.74) is 0.526. The van der Waals surface area contributed by atoms with Gasteiger partial charge in [-0.1, -0.05) is 12.1 Å². The van der Waals surface area contributed by atoms with Crippen LogP contribution in [0.2, 0.25) is 0 Å². The van der Waals surface area contributed by atoms with Crippen LogP contribution >= 0.6 is 0 Å². The van der Waals surface area contributed by atoms with Crippen LogP contribution in [0, 0.1) is 17.0 Å². The third kappa shape index (κ3) is 2.45. The number of rotatable bonds is 4. The van der Waals surface area contributed by atoms with Gasteiger partial charge in [0.25, 0.3) is 5.69 Å². The summed E-state index contributed by atoms with van der Waals surface area (Å²) in [6, 6.07) is 6.64. The molecule has 2 rings (SSSR count). The van der Waals surface area contributed by atoms with Crippen LogP contribution in [-0.2, 0) is 13.7 Å². The van der Waals surface area contributed by atoms with Gasteiger partial charge in [0.1, 0.15) is 12.4 Å². The number of para-hydroxylation sites is 1. The summed E-state index contributed by atoms with van der Waals surface area (Å²) >= 11 is 0. The van der Waals surface area contributed by atoms with Crippen molar-refractivity contribution in [3.05, 3.63) is 45.8 Å². The van der Waals surface area contributed by atoms with E-state index in [0.717, 1.165) is 0 Å². The number of ether oxygens (including phenoxy) is 1. The molecule has 0 N–H and O–H groups in total. The second-order valence-corrected chi connectivity index (χ2v) is 3.74.